The van der Waals surface area contributed by atoms with E-state index in [2.05, 4.69) is 15.1 Å². The zero-order chi connectivity index (χ0) is 11.7. The first-order chi connectivity index (χ1) is 8.38. The van der Waals surface area contributed by atoms with E-state index in [1.54, 1.807) is 12.4 Å². The van der Waals surface area contributed by atoms with Gasteiger partial charge in [-0.25, -0.2) is 9.67 Å². The van der Waals surface area contributed by atoms with Gasteiger partial charge in [0.2, 0.25) is 0 Å². The van der Waals surface area contributed by atoms with Gasteiger partial charge in [0.1, 0.15) is 5.82 Å². The largest absolute Gasteiger partial charge is 0.328 e. The second-order valence-electron chi connectivity index (χ2n) is 4.31. The molecule has 0 spiro atoms. The maximum Gasteiger partial charge on any atom is 0.181 e. The van der Waals surface area contributed by atoms with E-state index in [1.807, 2.05) is 16.8 Å². The molecule has 0 aliphatic carbocycles. The molecule has 2 N–H and O–H groups in total. The van der Waals surface area contributed by atoms with Crippen LogP contribution in [0.25, 0.3) is 11.4 Å². The van der Waals surface area contributed by atoms with Gasteiger partial charge in [-0.15, -0.1) is 0 Å². The quantitative estimate of drug-likeness (QED) is 0.839. The molecule has 0 aromatic carbocycles. The number of aromatic nitrogens is 4. The molecule has 5 nitrogen and oxygen atoms in total. The molecule has 1 aliphatic heterocycles. The van der Waals surface area contributed by atoms with Crippen LogP contribution in [0.5, 0.6) is 0 Å². The van der Waals surface area contributed by atoms with Gasteiger partial charge in [-0.3, -0.25) is 4.98 Å². The van der Waals surface area contributed by atoms with Crippen LogP contribution < -0.4 is 5.73 Å². The maximum atomic E-state index is 5.77. The Kier molecular flexibility index (Phi) is 2.60. The number of pyridine rings is 1. The van der Waals surface area contributed by atoms with Crippen molar-refractivity contribution in [3.63, 3.8) is 0 Å². The van der Waals surface area contributed by atoms with Crippen LogP contribution in [0.4, 0.5) is 0 Å². The number of aryl methyl sites for hydroxylation is 1. The highest BCUT2D eigenvalue weighted by Crippen LogP contribution is 2.24. The average Bonchev–Trinajstić information content (AvgIpc) is 2.83. The van der Waals surface area contributed by atoms with Crippen molar-refractivity contribution in [2.75, 3.05) is 6.54 Å². The zero-order valence-electron chi connectivity index (χ0n) is 9.58. The van der Waals surface area contributed by atoms with Gasteiger partial charge in [0.25, 0.3) is 0 Å². The Labute approximate surface area is 99.7 Å². The predicted molar refractivity (Wildman–Crippen MR) is 64.3 cm³/mol. The molecule has 5 heteroatoms. The van der Waals surface area contributed by atoms with Gasteiger partial charge in [0.05, 0.1) is 6.04 Å². The van der Waals surface area contributed by atoms with E-state index < -0.39 is 0 Å². The highest BCUT2D eigenvalue weighted by molar-refractivity contribution is 5.53. The highest BCUT2D eigenvalue weighted by atomic mass is 15.4. The third-order valence-electron chi connectivity index (χ3n) is 3.20. The molecule has 2 aromatic rings. The SMILES string of the molecule is NCC1CCCc2nc(-c3ccncc3)nn21. The third kappa shape index (κ3) is 1.82. The van der Waals surface area contributed by atoms with Crippen LogP contribution in [0.15, 0.2) is 24.5 Å². The molecular formula is C12H15N5. The summed E-state index contributed by atoms with van der Waals surface area (Å²) in [7, 11) is 0. The number of fused-ring (bicyclic) bond motifs is 1. The molecule has 1 atom stereocenters. The van der Waals surface area contributed by atoms with Gasteiger partial charge in [0.15, 0.2) is 5.82 Å². The van der Waals surface area contributed by atoms with Crippen molar-refractivity contribution in [2.24, 2.45) is 5.73 Å². The first-order valence-corrected chi connectivity index (χ1v) is 5.94. The molecule has 0 amide bonds. The predicted octanol–water partition coefficient (Wildman–Crippen LogP) is 1.18. The van der Waals surface area contributed by atoms with Crippen molar-refractivity contribution in [1.29, 1.82) is 0 Å². The van der Waals surface area contributed by atoms with Crippen LogP contribution in [-0.4, -0.2) is 26.3 Å². The van der Waals surface area contributed by atoms with Crippen molar-refractivity contribution >= 4 is 0 Å². The number of nitrogens with two attached hydrogens (primary N) is 1. The molecular weight excluding hydrogens is 214 g/mol. The number of rotatable bonds is 2. The minimum atomic E-state index is 0.307. The van der Waals surface area contributed by atoms with E-state index in [9.17, 15) is 0 Å². The van der Waals surface area contributed by atoms with Gasteiger partial charge >= 0.3 is 0 Å². The summed E-state index contributed by atoms with van der Waals surface area (Å²) in [5, 5.41) is 4.57. The topological polar surface area (TPSA) is 69.6 Å². The molecule has 0 radical (unpaired) electrons. The van der Waals surface area contributed by atoms with Crippen LogP contribution in [0.2, 0.25) is 0 Å². The minimum absolute atomic E-state index is 0.307. The third-order valence-corrected chi connectivity index (χ3v) is 3.20. The van der Waals surface area contributed by atoms with Crippen LogP contribution in [-0.2, 0) is 6.42 Å². The highest BCUT2D eigenvalue weighted by Gasteiger charge is 2.22. The Balaban J connectivity index is 2.02. The maximum absolute atomic E-state index is 5.77. The van der Waals surface area contributed by atoms with Crippen LogP contribution >= 0.6 is 0 Å². The molecule has 0 fully saturated rings. The molecule has 88 valence electrons. The second-order valence-corrected chi connectivity index (χ2v) is 4.31. The molecule has 1 unspecified atom stereocenters. The van der Waals surface area contributed by atoms with E-state index in [-0.39, 0.29) is 0 Å². The van der Waals surface area contributed by atoms with Crippen molar-refractivity contribution < 1.29 is 0 Å². The van der Waals surface area contributed by atoms with Gasteiger partial charge < -0.3 is 5.73 Å². The standard InChI is InChI=1S/C12H15N5/c13-8-10-2-1-3-11-15-12(16-17(10)11)9-4-6-14-7-5-9/h4-7,10H,1-3,8,13H2. The normalized spacial score (nSPS) is 19.0. The van der Waals surface area contributed by atoms with E-state index >= 15 is 0 Å². The fraction of sp³-hybridized carbons (Fsp3) is 0.417. The molecule has 2 aromatic heterocycles. The first-order valence-electron chi connectivity index (χ1n) is 5.94. The summed E-state index contributed by atoms with van der Waals surface area (Å²) in [5.41, 5.74) is 6.78. The lowest BCUT2D eigenvalue weighted by Gasteiger charge is -2.21. The lowest BCUT2D eigenvalue weighted by molar-refractivity contribution is 0.370. The van der Waals surface area contributed by atoms with E-state index in [0.717, 1.165) is 36.5 Å². The number of nitrogens with zero attached hydrogens (tertiary/aromatic N) is 4. The first kappa shape index (κ1) is 10.4. The lowest BCUT2D eigenvalue weighted by Crippen LogP contribution is -2.25. The van der Waals surface area contributed by atoms with Crippen molar-refractivity contribution in [1.82, 2.24) is 19.7 Å². The summed E-state index contributed by atoms with van der Waals surface area (Å²) in [4.78, 5) is 8.59. The van der Waals surface area contributed by atoms with Crippen molar-refractivity contribution in [3.05, 3.63) is 30.4 Å². The molecule has 0 saturated carbocycles. The zero-order valence-corrected chi connectivity index (χ0v) is 9.58. The summed E-state index contributed by atoms with van der Waals surface area (Å²) in [6.45, 7) is 0.631. The fourth-order valence-corrected chi connectivity index (χ4v) is 2.28. The Bertz CT molecular complexity index is 505. The summed E-state index contributed by atoms with van der Waals surface area (Å²) in [6, 6.07) is 4.17. The Morgan fingerprint density at radius 1 is 1.35 bits per heavy atom. The molecule has 1 aliphatic rings. The number of hydrogen-bond donors (Lipinski definition) is 1. The Morgan fingerprint density at radius 2 is 2.18 bits per heavy atom. The van der Waals surface area contributed by atoms with Gasteiger partial charge in [-0.1, -0.05) is 0 Å². The average molecular weight is 229 g/mol. The Hall–Kier alpha value is -1.75. The monoisotopic (exact) mass is 229 g/mol. The summed E-state index contributed by atoms with van der Waals surface area (Å²) < 4.78 is 2.00. The smallest absolute Gasteiger partial charge is 0.181 e. The summed E-state index contributed by atoms with van der Waals surface area (Å²) in [6.07, 6.45) is 6.76. The van der Waals surface area contributed by atoms with Crippen LogP contribution in [0.1, 0.15) is 24.7 Å². The Morgan fingerprint density at radius 3 is 2.94 bits per heavy atom. The van der Waals surface area contributed by atoms with Crippen LogP contribution in [0.3, 0.4) is 0 Å². The second kappa shape index (κ2) is 4.25. The van der Waals surface area contributed by atoms with Gasteiger partial charge in [-0.2, -0.15) is 5.10 Å². The molecule has 3 heterocycles. The van der Waals surface area contributed by atoms with E-state index in [0.29, 0.717) is 12.6 Å². The molecule has 3 rings (SSSR count). The lowest BCUT2D eigenvalue weighted by atomic mass is 10.1. The summed E-state index contributed by atoms with van der Waals surface area (Å²) >= 11 is 0. The van der Waals surface area contributed by atoms with E-state index in [4.69, 9.17) is 5.73 Å². The van der Waals surface area contributed by atoms with Gasteiger partial charge in [0, 0.05) is 30.9 Å². The molecule has 17 heavy (non-hydrogen) atoms. The minimum Gasteiger partial charge on any atom is -0.328 e. The van der Waals surface area contributed by atoms with Gasteiger partial charge in [-0.05, 0) is 25.0 Å². The molecule has 0 saturated heterocycles. The number of hydrogen-bond acceptors (Lipinski definition) is 4. The van der Waals surface area contributed by atoms with Crippen LogP contribution in [0, 0.1) is 0 Å². The molecule has 0 bridgehead atoms. The van der Waals surface area contributed by atoms with E-state index in [1.165, 1.54) is 0 Å². The van der Waals surface area contributed by atoms with Crippen molar-refractivity contribution in [2.45, 2.75) is 25.3 Å². The van der Waals surface area contributed by atoms with Crippen molar-refractivity contribution in [3.8, 4) is 11.4 Å². The fourth-order valence-electron chi connectivity index (χ4n) is 2.28. The summed E-state index contributed by atoms with van der Waals surface area (Å²) in [5.74, 6) is 1.83.